The highest BCUT2D eigenvalue weighted by Gasteiger charge is 2.23. The van der Waals surface area contributed by atoms with Gasteiger partial charge in [0.05, 0.1) is 11.3 Å². The van der Waals surface area contributed by atoms with Gasteiger partial charge in [0.15, 0.2) is 0 Å². The summed E-state index contributed by atoms with van der Waals surface area (Å²) in [4.78, 5) is 22.4. The van der Waals surface area contributed by atoms with Gasteiger partial charge in [0.1, 0.15) is 5.82 Å². The fourth-order valence-corrected chi connectivity index (χ4v) is 2.17. The molecule has 0 bridgehead atoms. The zero-order chi connectivity index (χ0) is 13.1. The third kappa shape index (κ3) is 2.67. The molecule has 0 radical (unpaired) electrons. The monoisotopic (exact) mass is 251 g/mol. The predicted octanol–water partition coefficient (Wildman–Crippen LogP) is 2.65. The van der Waals surface area contributed by atoms with Crippen molar-refractivity contribution >= 4 is 17.6 Å². The molecule has 4 nitrogen and oxygen atoms in total. The third-order valence-electron chi connectivity index (χ3n) is 3.20. The first kappa shape index (κ1) is 12.5. The summed E-state index contributed by atoms with van der Waals surface area (Å²) in [6.07, 6.45) is 3.72. The summed E-state index contributed by atoms with van der Waals surface area (Å²) in [6.45, 7) is 0. The number of carboxylic acids is 1. The average Bonchev–Trinajstić information content (AvgIpc) is 2.85. The number of nitrogens with one attached hydrogen (secondary N) is 1. The Hall–Kier alpha value is -1.91. The van der Waals surface area contributed by atoms with E-state index in [2.05, 4.69) is 5.32 Å². The second-order valence-electron chi connectivity index (χ2n) is 4.47. The van der Waals surface area contributed by atoms with Crippen molar-refractivity contribution in [2.75, 3.05) is 5.32 Å². The Morgan fingerprint density at radius 2 is 1.94 bits per heavy atom. The van der Waals surface area contributed by atoms with Crippen LogP contribution in [0.2, 0.25) is 0 Å². The first-order valence-electron chi connectivity index (χ1n) is 5.91. The fourth-order valence-electron chi connectivity index (χ4n) is 2.17. The van der Waals surface area contributed by atoms with Gasteiger partial charge in [-0.2, -0.15) is 0 Å². The number of rotatable bonds is 3. The minimum absolute atomic E-state index is 0.0388. The topological polar surface area (TPSA) is 66.4 Å². The van der Waals surface area contributed by atoms with Crippen molar-refractivity contribution in [1.82, 2.24) is 0 Å². The summed E-state index contributed by atoms with van der Waals surface area (Å²) in [7, 11) is 0. The largest absolute Gasteiger partial charge is 0.478 e. The summed E-state index contributed by atoms with van der Waals surface area (Å²) in [6, 6.07) is 3.47. The summed E-state index contributed by atoms with van der Waals surface area (Å²) < 4.78 is 13.6. The SMILES string of the molecule is O=C(O)c1ccc(NC(=O)C2CCCC2)c(F)c1. The van der Waals surface area contributed by atoms with Gasteiger partial charge >= 0.3 is 5.97 Å². The lowest BCUT2D eigenvalue weighted by Crippen LogP contribution is -2.21. The zero-order valence-electron chi connectivity index (χ0n) is 9.78. The lowest BCUT2D eigenvalue weighted by Gasteiger charge is -2.11. The smallest absolute Gasteiger partial charge is 0.335 e. The molecule has 96 valence electrons. The van der Waals surface area contributed by atoms with E-state index in [4.69, 9.17) is 5.11 Å². The van der Waals surface area contributed by atoms with E-state index in [1.54, 1.807) is 0 Å². The first-order valence-corrected chi connectivity index (χ1v) is 5.91. The van der Waals surface area contributed by atoms with Gasteiger partial charge in [0, 0.05) is 5.92 Å². The molecule has 0 saturated heterocycles. The van der Waals surface area contributed by atoms with Gasteiger partial charge in [-0.25, -0.2) is 9.18 Å². The van der Waals surface area contributed by atoms with Gasteiger partial charge < -0.3 is 10.4 Å². The van der Waals surface area contributed by atoms with Gasteiger partial charge in [-0.05, 0) is 31.0 Å². The summed E-state index contributed by atoms with van der Waals surface area (Å²) in [5.41, 5.74) is -0.0942. The van der Waals surface area contributed by atoms with E-state index in [1.165, 1.54) is 12.1 Å². The van der Waals surface area contributed by atoms with Crippen molar-refractivity contribution in [3.8, 4) is 0 Å². The average molecular weight is 251 g/mol. The first-order chi connectivity index (χ1) is 8.58. The maximum atomic E-state index is 13.6. The van der Waals surface area contributed by atoms with Crippen molar-refractivity contribution < 1.29 is 19.1 Å². The van der Waals surface area contributed by atoms with Crippen LogP contribution in [-0.2, 0) is 4.79 Å². The van der Waals surface area contributed by atoms with E-state index in [0.717, 1.165) is 31.7 Å². The molecule has 1 aromatic rings. The number of aromatic carboxylic acids is 1. The molecular formula is C13H14FNO3. The van der Waals surface area contributed by atoms with Crippen LogP contribution in [0.4, 0.5) is 10.1 Å². The Labute approximate surface area is 104 Å². The highest BCUT2D eigenvalue weighted by Crippen LogP contribution is 2.26. The number of anilines is 1. The van der Waals surface area contributed by atoms with Crippen LogP contribution >= 0.6 is 0 Å². The summed E-state index contributed by atoms with van der Waals surface area (Å²) in [5, 5.41) is 11.2. The van der Waals surface area contributed by atoms with Gasteiger partial charge in [-0.15, -0.1) is 0 Å². The summed E-state index contributed by atoms with van der Waals surface area (Å²) >= 11 is 0. The highest BCUT2D eigenvalue weighted by molar-refractivity contribution is 5.94. The molecule has 1 aliphatic carbocycles. The molecule has 1 aromatic carbocycles. The highest BCUT2D eigenvalue weighted by atomic mass is 19.1. The molecular weight excluding hydrogens is 237 g/mol. The minimum atomic E-state index is -1.19. The standard InChI is InChI=1S/C13H14FNO3/c14-10-7-9(13(17)18)5-6-11(10)15-12(16)8-3-1-2-4-8/h5-8H,1-4H2,(H,15,16)(H,17,18). The van der Waals surface area contributed by atoms with Crippen molar-refractivity contribution in [2.45, 2.75) is 25.7 Å². The van der Waals surface area contributed by atoms with Crippen LogP contribution in [0.1, 0.15) is 36.0 Å². The number of benzene rings is 1. The lowest BCUT2D eigenvalue weighted by molar-refractivity contribution is -0.119. The molecule has 2 N–H and O–H groups in total. The van der Waals surface area contributed by atoms with E-state index in [-0.39, 0.29) is 23.1 Å². The maximum absolute atomic E-state index is 13.6. The molecule has 0 spiro atoms. The van der Waals surface area contributed by atoms with E-state index >= 15 is 0 Å². The normalized spacial score (nSPS) is 15.6. The Bertz CT molecular complexity index is 481. The lowest BCUT2D eigenvalue weighted by atomic mass is 10.1. The fraction of sp³-hybridized carbons (Fsp3) is 0.385. The molecule has 0 aliphatic heterocycles. The van der Waals surface area contributed by atoms with E-state index in [0.29, 0.717) is 0 Å². The third-order valence-corrected chi connectivity index (χ3v) is 3.20. The number of carbonyl (C=O) groups excluding carboxylic acids is 1. The number of carboxylic acid groups (broad SMARTS) is 1. The molecule has 18 heavy (non-hydrogen) atoms. The number of carbonyl (C=O) groups is 2. The van der Waals surface area contributed by atoms with Crippen LogP contribution in [0, 0.1) is 11.7 Å². The molecule has 0 unspecified atom stereocenters. The number of hydrogen-bond acceptors (Lipinski definition) is 2. The van der Waals surface area contributed by atoms with Crippen molar-refractivity contribution in [1.29, 1.82) is 0 Å². The molecule has 0 heterocycles. The molecule has 1 fully saturated rings. The van der Waals surface area contributed by atoms with Crippen LogP contribution in [0.25, 0.3) is 0 Å². The number of halogens is 1. The number of amides is 1. The second-order valence-corrected chi connectivity index (χ2v) is 4.47. The Morgan fingerprint density at radius 1 is 1.28 bits per heavy atom. The van der Waals surface area contributed by atoms with Crippen molar-refractivity contribution in [3.05, 3.63) is 29.6 Å². The van der Waals surface area contributed by atoms with Gasteiger partial charge in [0.2, 0.25) is 5.91 Å². The molecule has 1 amide bonds. The zero-order valence-corrected chi connectivity index (χ0v) is 9.78. The molecule has 0 aromatic heterocycles. The quantitative estimate of drug-likeness (QED) is 0.867. The van der Waals surface area contributed by atoms with Crippen molar-refractivity contribution in [2.24, 2.45) is 5.92 Å². The Kier molecular flexibility index (Phi) is 3.60. The van der Waals surface area contributed by atoms with E-state index in [9.17, 15) is 14.0 Å². The van der Waals surface area contributed by atoms with Crippen LogP contribution in [0.15, 0.2) is 18.2 Å². The van der Waals surface area contributed by atoms with E-state index < -0.39 is 11.8 Å². The second kappa shape index (κ2) is 5.16. The maximum Gasteiger partial charge on any atom is 0.335 e. The van der Waals surface area contributed by atoms with Crippen molar-refractivity contribution in [3.63, 3.8) is 0 Å². The summed E-state index contributed by atoms with van der Waals surface area (Å²) in [5.74, 6) is -2.15. The Balaban J connectivity index is 2.09. The molecule has 5 heteroatoms. The van der Waals surface area contributed by atoms with Crippen LogP contribution in [0.3, 0.4) is 0 Å². The molecule has 0 atom stereocenters. The van der Waals surface area contributed by atoms with Crippen LogP contribution < -0.4 is 5.32 Å². The Morgan fingerprint density at radius 3 is 2.50 bits per heavy atom. The van der Waals surface area contributed by atoms with Gasteiger partial charge in [-0.3, -0.25) is 4.79 Å². The van der Waals surface area contributed by atoms with Crippen LogP contribution in [-0.4, -0.2) is 17.0 Å². The molecule has 2 rings (SSSR count). The minimum Gasteiger partial charge on any atom is -0.478 e. The van der Waals surface area contributed by atoms with Crippen LogP contribution in [0.5, 0.6) is 0 Å². The van der Waals surface area contributed by atoms with Gasteiger partial charge in [-0.1, -0.05) is 12.8 Å². The molecule has 1 saturated carbocycles. The molecule has 1 aliphatic rings. The van der Waals surface area contributed by atoms with Gasteiger partial charge in [0.25, 0.3) is 0 Å². The van der Waals surface area contributed by atoms with E-state index in [1.807, 2.05) is 0 Å². The number of hydrogen-bond donors (Lipinski definition) is 2. The predicted molar refractivity (Wildman–Crippen MR) is 63.9 cm³/mol.